The van der Waals surface area contributed by atoms with Gasteiger partial charge >= 0.3 is 5.97 Å². The molecule has 0 saturated heterocycles. The van der Waals surface area contributed by atoms with Gasteiger partial charge in [0.1, 0.15) is 12.3 Å². The molecule has 1 aromatic carbocycles. The maximum absolute atomic E-state index is 12.1. The molecule has 1 aromatic rings. The Morgan fingerprint density at radius 3 is 2.62 bits per heavy atom. The van der Waals surface area contributed by atoms with Crippen LogP contribution in [0.2, 0.25) is 0 Å². The third-order valence-corrected chi connectivity index (χ3v) is 3.52. The third kappa shape index (κ3) is 4.48. The summed E-state index contributed by atoms with van der Waals surface area (Å²) in [6, 6.07) is 5.99. The highest BCUT2D eigenvalue weighted by Crippen LogP contribution is 2.27. The van der Waals surface area contributed by atoms with Crippen molar-refractivity contribution in [1.82, 2.24) is 4.90 Å². The Balaban J connectivity index is 1.84. The molecule has 1 fully saturated rings. The quantitative estimate of drug-likeness (QED) is 0.836. The van der Waals surface area contributed by atoms with Gasteiger partial charge in [-0.05, 0) is 38.3 Å². The van der Waals surface area contributed by atoms with E-state index in [-0.39, 0.29) is 31.5 Å². The molecule has 0 bridgehead atoms. The second kappa shape index (κ2) is 6.61. The number of nitrogens with zero attached hydrogens (tertiary/aromatic N) is 1. The van der Waals surface area contributed by atoms with E-state index in [9.17, 15) is 9.59 Å². The van der Waals surface area contributed by atoms with Crippen molar-refractivity contribution in [2.45, 2.75) is 39.2 Å². The lowest BCUT2D eigenvalue weighted by Gasteiger charge is -2.20. The fourth-order valence-electron chi connectivity index (χ4n) is 2.31. The van der Waals surface area contributed by atoms with Crippen molar-refractivity contribution in [1.29, 1.82) is 0 Å². The van der Waals surface area contributed by atoms with Crippen LogP contribution >= 0.6 is 0 Å². The molecule has 1 amide bonds. The van der Waals surface area contributed by atoms with Gasteiger partial charge in [0, 0.05) is 6.04 Å². The number of carboxylic acids is 1. The predicted molar refractivity (Wildman–Crippen MR) is 78.4 cm³/mol. The van der Waals surface area contributed by atoms with Crippen LogP contribution in [0.5, 0.6) is 5.75 Å². The van der Waals surface area contributed by atoms with E-state index in [1.54, 1.807) is 0 Å². The highest BCUT2D eigenvalue weighted by atomic mass is 16.5. The number of hydrogen-bond donors (Lipinski definition) is 1. The highest BCUT2D eigenvalue weighted by molar-refractivity contribution is 5.82. The second-order valence-electron chi connectivity index (χ2n) is 5.51. The summed E-state index contributed by atoms with van der Waals surface area (Å²) in [6.45, 7) is 4.03. The van der Waals surface area contributed by atoms with Gasteiger partial charge < -0.3 is 14.7 Å². The van der Waals surface area contributed by atoms with Crippen LogP contribution in [-0.2, 0) is 9.59 Å². The van der Waals surface area contributed by atoms with Crippen LogP contribution in [-0.4, -0.2) is 41.1 Å². The molecule has 2 rings (SSSR count). The summed E-state index contributed by atoms with van der Waals surface area (Å²) in [7, 11) is 0. The first-order chi connectivity index (χ1) is 9.97. The number of carboxylic acid groups (broad SMARTS) is 1. The maximum Gasteiger partial charge on any atom is 0.323 e. The van der Waals surface area contributed by atoms with E-state index in [1.807, 2.05) is 32.0 Å². The molecule has 0 atom stereocenters. The fourth-order valence-corrected chi connectivity index (χ4v) is 2.31. The summed E-state index contributed by atoms with van der Waals surface area (Å²) in [6.07, 6.45) is 2.00. The van der Waals surface area contributed by atoms with Crippen LogP contribution in [0.3, 0.4) is 0 Å². The lowest BCUT2D eigenvalue weighted by atomic mass is 10.1. The zero-order chi connectivity index (χ0) is 15.4. The molecule has 114 valence electrons. The van der Waals surface area contributed by atoms with E-state index in [0.29, 0.717) is 0 Å². The fraction of sp³-hybridized carbons (Fsp3) is 0.500. The average molecular weight is 291 g/mol. The molecule has 0 aliphatic heterocycles. The smallest absolute Gasteiger partial charge is 0.323 e. The monoisotopic (exact) mass is 291 g/mol. The Kier molecular flexibility index (Phi) is 4.83. The number of aryl methyl sites for hydroxylation is 2. The topological polar surface area (TPSA) is 66.8 Å². The van der Waals surface area contributed by atoms with Crippen molar-refractivity contribution in [2.24, 2.45) is 0 Å². The minimum absolute atomic E-state index is 0.106. The third-order valence-electron chi connectivity index (χ3n) is 3.52. The predicted octanol–water partition coefficient (Wildman–Crippen LogP) is 2.15. The van der Waals surface area contributed by atoms with Crippen molar-refractivity contribution < 1.29 is 19.4 Å². The van der Waals surface area contributed by atoms with Crippen molar-refractivity contribution in [3.63, 3.8) is 0 Å². The number of benzene rings is 1. The molecule has 5 nitrogen and oxygen atoms in total. The first-order valence-electron chi connectivity index (χ1n) is 7.18. The van der Waals surface area contributed by atoms with E-state index in [1.165, 1.54) is 4.90 Å². The molecule has 5 heteroatoms. The largest absolute Gasteiger partial charge is 0.493 e. The van der Waals surface area contributed by atoms with E-state index >= 15 is 0 Å². The number of ether oxygens (including phenoxy) is 1. The van der Waals surface area contributed by atoms with Gasteiger partial charge in [0.25, 0.3) is 0 Å². The summed E-state index contributed by atoms with van der Waals surface area (Å²) in [5.41, 5.74) is 2.20. The molecular weight excluding hydrogens is 270 g/mol. The molecule has 21 heavy (non-hydrogen) atoms. The number of hydrogen-bond acceptors (Lipinski definition) is 3. The van der Waals surface area contributed by atoms with Crippen molar-refractivity contribution in [2.75, 3.05) is 13.2 Å². The minimum Gasteiger partial charge on any atom is -0.493 e. The number of carbonyl (C=O) groups is 2. The van der Waals surface area contributed by atoms with Crippen molar-refractivity contribution in [3.05, 3.63) is 29.3 Å². The van der Waals surface area contributed by atoms with Crippen LogP contribution in [0.1, 0.15) is 30.4 Å². The zero-order valence-corrected chi connectivity index (χ0v) is 12.5. The lowest BCUT2D eigenvalue weighted by molar-refractivity contribution is -0.145. The van der Waals surface area contributed by atoms with E-state index < -0.39 is 5.97 Å². The minimum atomic E-state index is -0.967. The van der Waals surface area contributed by atoms with Crippen LogP contribution in [0.15, 0.2) is 18.2 Å². The Bertz CT molecular complexity index is 537. The van der Waals surface area contributed by atoms with E-state index in [0.717, 1.165) is 29.7 Å². The van der Waals surface area contributed by atoms with E-state index in [2.05, 4.69) is 0 Å². The van der Waals surface area contributed by atoms with Crippen molar-refractivity contribution >= 4 is 11.9 Å². The standard InChI is InChI=1S/C16H21NO4/c1-11-3-6-14(12(2)9-11)21-8-7-15(18)17(10-16(19)20)13-4-5-13/h3,6,9,13H,4-5,7-8,10H2,1-2H3,(H,19,20). The molecule has 0 radical (unpaired) electrons. The summed E-state index contributed by atoms with van der Waals surface area (Å²) in [4.78, 5) is 24.3. The van der Waals surface area contributed by atoms with Gasteiger partial charge in [-0.2, -0.15) is 0 Å². The molecule has 1 aliphatic carbocycles. The maximum atomic E-state index is 12.1. The molecule has 1 aliphatic rings. The van der Waals surface area contributed by atoms with Crippen LogP contribution in [0.4, 0.5) is 0 Å². The summed E-state index contributed by atoms with van der Waals surface area (Å²) < 4.78 is 5.62. The second-order valence-corrected chi connectivity index (χ2v) is 5.51. The Labute approximate surface area is 124 Å². The Hall–Kier alpha value is -2.04. The van der Waals surface area contributed by atoms with Gasteiger partial charge in [-0.1, -0.05) is 17.7 Å². The number of amides is 1. The molecule has 0 spiro atoms. The summed E-state index contributed by atoms with van der Waals surface area (Å²) >= 11 is 0. The first-order valence-corrected chi connectivity index (χ1v) is 7.18. The van der Waals surface area contributed by atoms with Gasteiger partial charge in [0.15, 0.2) is 0 Å². The van der Waals surface area contributed by atoms with Gasteiger partial charge in [0.2, 0.25) is 5.91 Å². The average Bonchev–Trinajstić information content (AvgIpc) is 3.22. The van der Waals surface area contributed by atoms with Crippen LogP contribution < -0.4 is 4.74 Å². The number of aliphatic carboxylic acids is 1. The highest BCUT2D eigenvalue weighted by Gasteiger charge is 2.33. The molecule has 0 aromatic heterocycles. The number of carbonyl (C=O) groups excluding carboxylic acids is 1. The number of rotatable bonds is 7. The summed E-state index contributed by atoms with van der Waals surface area (Å²) in [5.74, 6) is -0.347. The summed E-state index contributed by atoms with van der Waals surface area (Å²) in [5, 5.41) is 8.85. The van der Waals surface area contributed by atoms with Gasteiger partial charge in [-0.3, -0.25) is 9.59 Å². The molecule has 0 heterocycles. The molecule has 1 saturated carbocycles. The zero-order valence-electron chi connectivity index (χ0n) is 12.5. The van der Waals surface area contributed by atoms with Gasteiger partial charge in [-0.15, -0.1) is 0 Å². The van der Waals surface area contributed by atoms with Crippen molar-refractivity contribution in [3.8, 4) is 5.75 Å². The lowest BCUT2D eigenvalue weighted by Crippen LogP contribution is -2.38. The van der Waals surface area contributed by atoms with Crippen LogP contribution in [0, 0.1) is 13.8 Å². The van der Waals surface area contributed by atoms with Gasteiger partial charge in [-0.25, -0.2) is 0 Å². The normalized spacial score (nSPS) is 13.8. The van der Waals surface area contributed by atoms with Crippen LogP contribution in [0.25, 0.3) is 0 Å². The first kappa shape index (κ1) is 15.4. The molecular formula is C16H21NO4. The molecule has 1 N–H and O–H groups in total. The molecule has 0 unspecified atom stereocenters. The SMILES string of the molecule is Cc1ccc(OCCC(=O)N(CC(=O)O)C2CC2)c(C)c1. The Morgan fingerprint density at radius 1 is 1.33 bits per heavy atom. The van der Waals surface area contributed by atoms with Gasteiger partial charge in [0.05, 0.1) is 13.0 Å². The Morgan fingerprint density at radius 2 is 2.05 bits per heavy atom. The van der Waals surface area contributed by atoms with E-state index in [4.69, 9.17) is 9.84 Å².